The van der Waals surface area contributed by atoms with Crippen LogP contribution in [0.1, 0.15) is 16.8 Å². The zero-order valence-corrected chi connectivity index (χ0v) is 15.3. The molecular weight excluding hydrogens is 387 g/mol. The van der Waals surface area contributed by atoms with Gasteiger partial charge >= 0.3 is 6.18 Å². The Labute approximate surface area is 151 Å². The smallest absolute Gasteiger partial charge is 0.230 e. The summed E-state index contributed by atoms with van der Waals surface area (Å²) in [6, 6.07) is 6.47. The molecule has 3 aromatic rings. The molecule has 2 N–H and O–H groups in total. The van der Waals surface area contributed by atoms with Crippen molar-refractivity contribution in [2.75, 3.05) is 0 Å². The quantitative estimate of drug-likeness (QED) is 0.723. The minimum Gasteiger partial charge on any atom is -0.230 e. The van der Waals surface area contributed by atoms with Crippen LogP contribution >= 0.6 is 11.3 Å². The number of hydrogen-bond donors (Lipinski definition) is 1. The van der Waals surface area contributed by atoms with Crippen molar-refractivity contribution >= 4 is 21.4 Å². The molecule has 0 unspecified atom stereocenters. The first-order valence-electron chi connectivity index (χ1n) is 7.34. The number of hydrogen-bond acceptors (Lipinski definition) is 4. The molecule has 2 heterocycles. The lowest BCUT2D eigenvalue weighted by Crippen LogP contribution is -2.16. The molecule has 0 aliphatic carbocycles. The number of halogens is 3. The van der Waals surface area contributed by atoms with Gasteiger partial charge in [0, 0.05) is 0 Å². The Balaban J connectivity index is 2.36. The number of nitrogens with two attached hydrogens (primary N) is 1. The molecular formula is C16H14F3N3O2S2. The molecule has 0 aliphatic rings. The second kappa shape index (κ2) is 6.22. The van der Waals surface area contributed by atoms with E-state index in [-0.39, 0.29) is 16.3 Å². The van der Waals surface area contributed by atoms with E-state index in [0.29, 0.717) is 4.88 Å². The molecule has 10 heteroatoms. The van der Waals surface area contributed by atoms with Crippen LogP contribution in [0.4, 0.5) is 13.2 Å². The number of rotatable bonds is 3. The van der Waals surface area contributed by atoms with Crippen LogP contribution < -0.4 is 5.14 Å². The van der Waals surface area contributed by atoms with Gasteiger partial charge in [0.25, 0.3) is 0 Å². The van der Waals surface area contributed by atoms with Crippen LogP contribution in [0.2, 0.25) is 0 Å². The molecule has 138 valence electrons. The number of para-hydroxylation sites is 1. The highest BCUT2D eigenvalue weighted by Gasteiger charge is 2.36. The Hall–Kier alpha value is -2.17. The van der Waals surface area contributed by atoms with Crippen molar-refractivity contribution in [1.82, 2.24) is 9.78 Å². The van der Waals surface area contributed by atoms with Crippen LogP contribution in [-0.2, 0) is 16.2 Å². The lowest BCUT2D eigenvalue weighted by atomic mass is 10.1. The maximum atomic E-state index is 13.2. The van der Waals surface area contributed by atoms with Gasteiger partial charge in [0.05, 0.1) is 16.3 Å². The van der Waals surface area contributed by atoms with Crippen molar-refractivity contribution in [2.24, 2.45) is 5.14 Å². The summed E-state index contributed by atoms with van der Waals surface area (Å²) in [5.74, 6) is 0. The summed E-state index contributed by atoms with van der Waals surface area (Å²) in [7, 11) is -4.15. The van der Waals surface area contributed by atoms with Crippen LogP contribution in [0.3, 0.4) is 0 Å². The molecule has 0 bridgehead atoms. The van der Waals surface area contributed by atoms with E-state index in [1.807, 2.05) is 12.3 Å². The summed E-state index contributed by atoms with van der Waals surface area (Å²) >= 11 is 1.27. The standard InChI is InChI=1S/C16H14F3N3O2S2/c1-9-8-25-15(10(9)2)12-7-14(16(17,18)19)21-22(12)11-5-3-4-6-13(11)26(20,23)24/h3-8H,1-2H3,(H2,20,23,24). The molecule has 1 aromatic carbocycles. The molecule has 0 radical (unpaired) electrons. The van der Waals surface area contributed by atoms with Crippen molar-refractivity contribution in [3.05, 3.63) is 52.5 Å². The number of primary sulfonamides is 1. The Morgan fingerprint density at radius 3 is 2.38 bits per heavy atom. The van der Waals surface area contributed by atoms with Gasteiger partial charge in [-0.25, -0.2) is 18.2 Å². The largest absolute Gasteiger partial charge is 0.435 e. The number of sulfonamides is 1. The van der Waals surface area contributed by atoms with Gasteiger partial charge in [-0.3, -0.25) is 0 Å². The van der Waals surface area contributed by atoms with E-state index >= 15 is 0 Å². The fraction of sp³-hybridized carbons (Fsp3) is 0.188. The fourth-order valence-electron chi connectivity index (χ4n) is 2.49. The highest BCUT2D eigenvalue weighted by Crippen LogP contribution is 2.38. The van der Waals surface area contributed by atoms with Gasteiger partial charge in [0.2, 0.25) is 10.0 Å². The van der Waals surface area contributed by atoms with Crippen LogP contribution in [0.5, 0.6) is 0 Å². The second-order valence-corrected chi connectivity index (χ2v) is 8.12. The molecule has 0 spiro atoms. The topological polar surface area (TPSA) is 78.0 Å². The Morgan fingerprint density at radius 1 is 1.19 bits per heavy atom. The van der Waals surface area contributed by atoms with Crippen molar-refractivity contribution in [3.63, 3.8) is 0 Å². The van der Waals surface area contributed by atoms with Gasteiger partial charge in [0.1, 0.15) is 4.90 Å². The third-order valence-corrected chi connectivity index (χ3v) is 6.10. The maximum Gasteiger partial charge on any atom is 0.435 e. The minimum absolute atomic E-state index is 0.0362. The Bertz CT molecular complexity index is 1080. The zero-order valence-electron chi connectivity index (χ0n) is 13.7. The fourth-order valence-corrected chi connectivity index (χ4v) is 4.28. The molecule has 0 atom stereocenters. The first kappa shape index (κ1) is 18.6. The summed E-state index contributed by atoms with van der Waals surface area (Å²) in [4.78, 5) is 0.277. The molecule has 0 saturated heterocycles. The van der Waals surface area contributed by atoms with Crippen LogP contribution in [0.15, 0.2) is 40.6 Å². The maximum absolute atomic E-state index is 13.2. The molecule has 0 aliphatic heterocycles. The number of benzene rings is 1. The van der Waals surface area contributed by atoms with E-state index in [1.165, 1.54) is 35.6 Å². The van der Waals surface area contributed by atoms with E-state index < -0.39 is 21.9 Å². The van der Waals surface area contributed by atoms with E-state index in [4.69, 9.17) is 5.14 Å². The highest BCUT2D eigenvalue weighted by atomic mass is 32.2. The average molecular weight is 401 g/mol. The molecule has 2 aromatic heterocycles. The van der Waals surface area contributed by atoms with E-state index in [1.54, 1.807) is 6.92 Å². The lowest BCUT2D eigenvalue weighted by molar-refractivity contribution is -0.141. The predicted molar refractivity (Wildman–Crippen MR) is 92.7 cm³/mol. The van der Waals surface area contributed by atoms with Crippen molar-refractivity contribution in [1.29, 1.82) is 0 Å². The second-order valence-electron chi connectivity index (χ2n) is 5.71. The van der Waals surface area contributed by atoms with Gasteiger partial charge in [-0.05, 0) is 48.6 Å². The SMILES string of the molecule is Cc1csc(-c2cc(C(F)(F)F)nn2-c2ccccc2S(N)(=O)=O)c1C. The monoisotopic (exact) mass is 401 g/mol. The molecule has 26 heavy (non-hydrogen) atoms. The zero-order chi connectivity index (χ0) is 19.3. The van der Waals surface area contributed by atoms with Crippen LogP contribution in [0, 0.1) is 13.8 Å². The molecule has 0 saturated carbocycles. The van der Waals surface area contributed by atoms with Gasteiger partial charge in [-0.2, -0.15) is 18.3 Å². The highest BCUT2D eigenvalue weighted by molar-refractivity contribution is 7.89. The summed E-state index contributed by atoms with van der Waals surface area (Å²) in [5.41, 5.74) is 0.737. The Kier molecular flexibility index (Phi) is 4.45. The van der Waals surface area contributed by atoms with Crippen molar-refractivity contribution in [3.8, 4) is 16.3 Å². The summed E-state index contributed by atoms with van der Waals surface area (Å²) < 4.78 is 64.4. The lowest BCUT2D eigenvalue weighted by Gasteiger charge is -2.11. The van der Waals surface area contributed by atoms with Gasteiger partial charge < -0.3 is 0 Å². The van der Waals surface area contributed by atoms with Crippen LogP contribution in [-0.4, -0.2) is 18.2 Å². The molecule has 3 rings (SSSR count). The van der Waals surface area contributed by atoms with Crippen LogP contribution in [0.25, 0.3) is 16.3 Å². The third kappa shape index (κ3) is 3.27. The normalized spacial score (nSPS) is 12.5. The number of aromatic nitrogens is 2. The third-order valence-electron chi connectivity index (χ3n) is 3.92. The summed E-state index contributed by atoms with van der Waals surface area (Å²) in [5, 5.41) is 10.7. The number of thiophene rings is 1. The first-order chi connectivity index (χ1) is 12.0. The Morgan fingerprint density at radius 2 is 1.85 bits per heavy atom. The summed E-state index contributed by atoms with van der Waals surface area (Å²) in [6.45, 7) is 3.64. The van der Waals surface area contributed by atoms with E-state index in [2.05, 4.69) is 5.10 Å². The minimum atomic E-state index is -4.67. The van der Waals surface area contributed by atoms with Crippen molar-refractivity contribution in [2.45, 2.75) is 24.9 Å². The average Bonchev–Trinajstić information content (AvgIpc) is 3.11. The van der Waals surface area contributed by atoms with Gasteiger partial charge in [-0.1, -0.05) is 12.1 Å². The van der Waals surface area contributed by atoms with Gasteiger partial charge in [0.15, 0.2) is 5.69 Å². The van der Waals surface area contributed by atoms with Crippen molar-refractivity contribution < 1.29 is 21.6 Å². The summed E-state index contributed by atoms with van der Waals surface area (Å²) in [6.07, 6.45) is -4.67. The molecule has 0 fully saturated rings. The molecule has 0 amide bonds. The number of alkyl halides is 3. The number of aryl methyl sites for hydroxylation is 1. The first-order valence-corrected chi connectivity index (χ1v) is 9.77. The molecule has 5 nitrogen and oxygen atoms in total. The predicted octanol–water partition coefficient (Wildman–Crippen LogP) is 3.88. The number of nitrogens with zero attached hydrogens (tertiary/aromatic N) is 2. The van der Waals surface area contributed by atoms with E-state index in [9.17, 15) is 21.6 Å². The van der Waals surface area contributed by atoms with E-state index in [0.717, 1.165) is 21.9 Å². The van der Waals surface area contributed by atoms with Gasteiger partial charge in [-0.15, -0.1) is 11.3 Å².